The van der Waals surface area contributed by atoms with E-state index in [0.717, 1.165) is 18.2 Å². The van der Waals surface area contributed by atoms with Gasteiger partial charge in [-0.05, 0) is 6.07 Å². The molecule has 0 saturated heterocycles. The molecule has 0 radical (unpaired) electrons. The van der Waals surface area contributed by atoms with Crippen LogP contribution in [0, 0.1) is 0 Å². The summed E-state index contributed by atoms with van der Waals surface area (Å²) in [5.74, 6) is -1.17. The SMILES string of the molecule is O.O=CC(=O)c1ccccc1C(F)(F)F. The van der Waals surface area contributed by atoms with Gasteiger partial charge in [-0.1, -0.05) is 18.2 Å². The van der Waals surface area contributed by atoms with Crippen LogP contribution in [0.4, 0.5) is 13.2 Å². The maximum atomic E-state index is 12.3. The molecule has 2 N–H and O–H groups in total. The molecule has 0 amide bonds. The van der Waals surface area contributed by atoms with Gasteiger partial charge in [0, 0.05) is 5.56 Å². The first-order valence-corrected chi connectivity index (χ1v) is 3.62. The first kappa shape index (κ1) is 13.3. The molecule has 0 unspecified atom stereocenters. The van der Waals surface area contributed by atoms with Gasteiger partial charge in [0.15, 0.2) is 6.29 Å². The van der Waals surface area contributed by atoms with Crippen LogP contribution < -0.4 is 0 Å². The molecule has 82 valence electrons. The van der Waals surface area contributed by atoms with E-state index in [4.69, 9.17) is 0 Å². The van der Waals surface area contributed by atoms with Crippen molar-refractivity contribution in [1.82, 2.24) is 0 Å². The molecule has 1 rings (SSSR count). The Labute approximate surface area is 82.8 Å². The molecule has 3 nitrogen and oxygen atoms in total. The molecule has 0 bridgehead atoms. The Balaban J connectivity index is 0.00000196. The number of benzene rings is 1. The summed E-state index contributed by atoms with van der Waals surface area (Å²) in [5.41, 5.74) is -1.70. The second kappa shape index (κ2) is 4.70. The van der Waals surface area contributed by atoms with E-state index < -0.39 is 23.1 Å². The highest BCUT2D eigenvalue weighted by atomic mass is 19.4. The number of ketones is 1. The molecule has 6 heteroatoms. The largest absolute Gasteiger partial charge is 0.417 e. The van der Waals surface area contributed by atoms with Crippen molar-refractivity contribution in [3.63, 3.8) is 0 Å². The highest BCUT2D eigenvalue weighted by Gasteiger charge is 2.34. The Morgan fingerprint density at radius 3 is 2.20 bits per heavy atom. The predicted molar refractivity (Wildman–Crippen MR) is 45.5 cm³/mol. The number of hydrogen-bond donors (Lipinski definition) is 0. The first-order valence-electron chi connectivity index (χ1n) is 3.62. The molecule has 0 heterocycles. The van der Waals surface area contributed by atoms with Gasteiger partial charge >= 0.3 is 6.18 Å². The van der Waals surface area contributed by atoms with Gasteiger partial charge in [-0.15, -0.1) is 0 Å². The monoisotopic (exact) mass is 220 g/mol. The number of hydrogen-bond acceptors (Lipinski definition) is 2. The number of aldehydes is 1. The van der Waals surface area contributed by atoms with Crippen LogP contribution in [0.3, 0.4) is 0 Å². The van der Waals surface area contributed by atoms with Crippen LogP contribution in [0.25, 0.3) is 0 Å². The molecule has 1 aromatic carbocycles. The third kappa shape index (κ3) is 2.88. The van der Waals surface area contributed by atoms with E-state index in [9.17, 15) is 22.8 Å². The summed E-state index contributed by atoms with van der Waals surface area (Å²) in [4.78, 5) is 20.9. The van der Waals surface area contributed by atoms with Crippen molar-refractivity contribution < 1.29 is 28.2 Å². The lowest BCUT2D eigenvalue weighted by atomic mass is 10.0. The molecular formula is C9H7F3O3. The number of alkyl halides is 3. The minimum absolute atomic E-state index is 0. The normalized spacial score (nSPS) is 10.3. The third-order valence-electron chi connectivity index (χ3n) is 1.60. The fraction of sp³-hybridized carbons (Fsp3) is 0.111. The van der Waals surface area contributed by atoms with Gasteiger partial charge in [-0.3, -0.25) is 9.59 Å². The van der Waals surface area contributed by atoms with Crippen molar-refractivity contribution in [2.45, 2.75) is 6.18 Å². The van der Waals surface area contributed by atoms with Crippen molar-refractivity contribution in [3.05, 3.63) is 35.4 Å². The molecule has 15 heavy (non-hydrogen) atoms. The topological polar surface area (TPSA) is 65.6 Å². The van der Waals surface area contributed by atoms with Gasteiger partial charge in [0.1, 0.15) is 0 Å². The smallest absolute Gasteiger partial charge is 0.412 e. The van der Waals surface area contributed by atoms with Crippen molar-refractivity contribution in [2.75, 3.05) is 0 Å². The Morgan fingerprint density at radius 2 is 1.73 bits per heavy atom. The standard InChI is InChI=1S/C9H5F3O2.H2O/c10-9(11,12)7-4-2-1-3-6(7)8(14)5-13;/h1-5H;1H2. The van der Waals surface area contributed by atoms with E-state index >= 15 is 0 Å². The summed E-state index contributed by atoms with van der Waals surface area (Å²) < 4.78 is 36.8. The van der Waals surface area contributed by atoms with Crippen molar-refractivity contribution >= 4 is 12.1 Å². The van der Waals surface area contributed by atoms with Gasteiger partial charge in [0.25, 0.3) is 0 Å². The van der Waals surface area contributed by atoms with Crippen LogP contribution in [-0.4, -0.2) is 17.5 Å². The molecule has 0 aliphatic heterocycles. The predicted octanol–water partition coefficient (Wildman–Crippen LogP) is 1.26. The van der Waals surface area contributed by atoms with Crippen LogP contribution in [-0.2, 0) is 11.0 Å². The Hall–Kier alpha value is -1.69. The summed E-state index contributed by atoms with van der Waals surface area (Å²) >= 11 is 0. The minimum Gasteiger partial charge on any atom is -0.412 e. The third-order valence-corrected chi connectivity index (χ3v) is 1.60. The second-order valence-electron chi connectivity index (χ2n) is 2.53. The van der Waals surface area contributed by atoms with E-state index in [1.54, 1.807) is 0 Å². The minimum atomic E-state index is -4.62. The highest BCUT2D eigenvalue weighted by molar-refractivity contribution is 6.33. The van der Waals surface area contributed by atoms with Crippen LogP contribution >= 0.6 is 0 Å². The van der Waals surface area contributed by atoms with Crippen molar-refractivity contribution in [1.29, 1.82) is 0 Å². The number of rotatable bonds is 2. The van der Waals surface area contributed by atoms with Gasteiger partial charge in [-0.2, -0.15) is 13.2 Å². The van der Waals surface area contributed by atoms with Gasteiger partial charge in [0.2, 0.25) is 5.78 Å². The maximum absolute atomic E-state index is 12.3. The van der Waals surface area contributed by atoms with Crippen LogP contribution in [0.5, 0.6) is 0 Å². The Kier molecular flexibility index (Phi) is 4.17. The van der Waals surface area contributed by atoms with Gasteiger partial charge in [-0.25, -0.2) is 0 Å². The van der Waals surface area contributed by atoms with E-state index in [0.29, 0.717) is 0 Å². The van der Waals surface area contributed by atoms with Gasteiger partial charge in [0.05, 0.1) is 5.56 Å². The number of Topliss-reactive ketones (excluding diaryl/α,β-unsaturated/α-hetero) is 1. The van der Waals surface area contributed by atoms with E-state index in [2.05, 4.69) is 0 Å². The van der Waals surface area contributed by atoms with E-state index in [1.807, 2.05) is 0 Å². The summed E-state index contributed by atoms with van der Waals surface area (Å²) in [6.45, 7) is 0. The molecular weight excluding hydrogens is 213 g/mol. The fourth-order valence-electron chi connectivity index (χ4n) is 1.01. The van der Waals surface area contributed by atoms with Crippen molar-refractivity contribution in [3.8, 4) is 0 Å². The summed E-state index contributed by atoms with van der Waals surface area (Å²) in [5, 5.41) is 0. The van der Waals surface area contributed by atoms with Crippen LogP contribution in [0.2, 0.25) is 0 Å². The molecule has 0 aromatic heterocycles. The summed E-state index contributed by atoms with van der Waals surface area (Å²) in [7, 11) is 0. The molecule has 0 aliphatic rings. The Bertz CT molecular complexity index is 371. The zero-order valence-corrected chi connectivity index (χ0v) is 7.34. The zero-order valence-electron chi connectivity index (χ0n) is 7.34. The average Bonchev–Trinajstić information content (AvgIpc) is 2.15. The van der Waals surface area contributed by atoms with Crippen LogP contribution in [0.15, 0.2) is 24.3 Å². The lowest BCUT2D eigenvalue weighted by molar-refractivity contribution is -0.137. The fourth-order valence-corrected chi connectivity index (χ4v) is 1.01. The van der Waals surface area contributed by atoms with E-state index in [-0.39, 0.29) is 11.8 Å². The highest BCUT2D eigenvalue weighted by Crippen LogP contribution is 2.31. The molecule has 0 saturated carbocycles. The van der Waals surface area contributed by atoms with Gasteiger partial charge < -0.3 is 5.48 Å². The quantitative estimate of drug-likeness (QED) is 0.428. The lowest BCUT2D eigenvalue weighted by Gasteiger charge is -2.09. The summed E-state index contributed by atoms with van der Waals surface area (Å²) in [6, 6.07) is 4.16. The molecule has 0 spiro atoms. The van der Waals surface area contributed by atoms with Crippen molar-refractivity contribution in [2.24, 2.45) is 0 Å². The molecule has 1 aromatic rings. The number of carbonyl (C=O) groups is 2. The van der Waals surface area contributed by atoms with E-state index in [1.165, 1.54) is 6.07 Å². The van der Waals surface area contributed by atoms with Crippen LogP contribution in [0.1, 0.15) is 15.9 Å². The molecule has 0 fully saturated rings. The number of halogens is 3. The summed E-state index contributed by atoms with van der Waals surface area (Å²) in [6.07, 6.45) is -4.75. The maximum Gasteiger partial charge on any atom is 0.417 e. The Morgan fingerprint density at radius 1 is 1.20 bits per heavy atom. The lowest BCUT2D eigenvalue weighted by Crippen LogP contribution is -2.13. The molecule has 0 aliphatic carbocycles. The number of carbonyl (C=O) groups excluding carboxylic acids is 2. The molecule has 0 atom stereocenters. The second-order valence-corrected chi connectivity index (χ2v) is 2.53. The first-order chi connectivity index (χ1) is 6.46. The zero-order chi connectivity index (χ0) is 10.8. The average molecular weight is 220 g/mol.